The van der Waals surface area contributed by atoms with Crippen LogP contribution in [-0.2, 0) is 20.9 Å². The molecular weight excluding hydrogens is 417 g/mol. The van der Waals surface area contributed by atoms with Crippen LogP contribution >= 0.6 is 23.2 Å². The second-order valence-corrected chi connectivity index (χ2v) is 8.44. The minimum absolute atomic E-state index is 0.329. The first-order valence-corrected chi connectivity index (χ1v) is 10.2. The molecule has 29 heavy (non-hydrogen) atoms. The predicted octanol–water partition coefficient (Wildman–Crippen LogP) is 3.67. The summed E-state index contributed by atoms with van der Waals surface area (Å²) >= 11 is 12.1. The maximum atomic E-state index is 13.0. The monoisotopic (exact) mass is 437 g/mol. The molecule has 2 saturated heterocycles. The van der Waals surface area contributed by atoms with Gasteiger partial charge in [-0.1, -0.05) is 29.3 Å². The number of aryl methyl sites for hydroxylation is 1. The third kappa shape index (κ3) is 3.63. The molecule has 2 aliphatic rings. The summed E-state index contributed by atoms with van der Waals surface area (Å²) in [5.74, 6) is -2.81. The number of carbonyl (C=O) groups excluding carboxylic acids is 1. The third-order valence-corrected chi connectivity index (χ3v) is 6.55. The van der Waals surface area contributed by atoms with Crippen molar-refractivity contribution in [2.75, 3.05) is 5.32 Å². The molecule has 1 aromatic carbocycles. The van der Waals surface area contributed by atoms with Crippen molar-refractivity contribution in [2.45, 2.75) is 45.4 Å². The number of benzene rings is 1. The van der Waals surface area contributed by atoms with Gasteiger partial charge in [0.1, 0.15) is 0 Å². The summed E-state index contributed by atoms with van der Waals surface area (Å²) in [6, 6.07) is 5.38. The molecule has 1 amide bonds. The van der Waals surface area contributed by atoms with Gasteiger partial charge in [0.25, 0.3) is 0 Å². The maximum Gasteiger partial charge on any atom is 0.310 e. The molecule has 0 radical (unpaired) electrons. The zero-order chi connectivity index (χ0) is 20.9. The topological polar surface area (TPSA) is 93.5 Å². The molecule has 2 aromatic rings. The van der Waals surface area contributed by atoms with E-state index in [1.807, 2.05) is 13.0 Å². The van der Waals surface area contributed by atoms with E-state index >= 15 is 0 Å². The minimum atomic E-state index is -0.985. The van der Waals surface area contributed by atoms with E-state index in [9.17, 15) is 14.7 Å². The first kappa shape index (κ1) is 20.2. The number of nitrogens with zero attached hydrogens (tertiary/aromatic N) is 2. The van der Waals surface area contributed by atoms with Gasteiger partial charge < -0.3 is 15.2 Å². The molecule has 4 rings (SSSR count). The van der Waals surface area contributed by atoms with Gasteiger partial charge >= 0.3 is 5.97 Å². The van der Waals surface area contributed by atoms with E-state index in [4.69, 9.17) is 27.9 Å². The minimum Gasteiger partial charge on any atom is -0.481 e. The van der Waals surface area contributed by atoms with Gasteiger partial charge in [0.15, 0.2) is 0 Å². The standard InChI is InChI=1S/C20H21Cl2N3O4/c1-9-18(10(2)25(24-9)8-11-3-4-12(21)13(22)7-11)23-19(26)16-14-5-6-15(29-14)17(16)20(27)28/h3-4,7,14-17H,5-6,8H2,1-2H3,(H,23,26)(H,27,28)/t14-,15+,16-,17-/m0/s1. The molecule has 0 aliphatic carbocycles. The molecule has 7 nitrogen and oxygen atoms in total. The van der Waals surface area contributed by atoms with E-state index in [-0.39, 0.29) is 18.1 Å². The van der Waals surface area contributed by atoms with Gasteiger partial charge in [-0.3, -0.25) is 14.3 Å². The Hall–Kier alpha value is -2.09. The van der Waals surface area contributed by atoms with Crippen LogP contribution < -0.4 is 5.32 Å². The fourth-order valence-electron chi connectivity index (χ4n) is 4.37. The summed E-state index contributed by atoms with van der Waals surface area (Å²) in [5.41, 5.74) is 2.96. The van der Waals surface area contributed by atoms with Crippen LogP contribution in [0.25, 0.3) is 0 Å². The van der Waals surface area contributed by atoms with E-state index < -0.39 is 17.8 Å². The van der Waals surface area contributed by atoms with E-state index in [0.717, 1.165) is 11.3 Å². The number of halogens is 2. The van der Waals surface area contributed by atoms with Gasteiger partial charge in [0.2, 0.25) is 5.91 Å². The molecule has 9 heteroatoms. The number of hydrogen-bond acceptors (Lipinski definition) is 4. The van der Waals surface area contributed by atoms with Crippen molar-refractivity contribution < 1.29 is 19.4 Å². The number of aliphatic carboxylic acids is 1. The highest BCUT2D eigenvalue weighted by Crippen LogP contribution is 2.44. The van der Waals surface area contributed by atoms with Crippen LogP contribution in [0.4, 0.5) is 5.69 Å². The van der Waals surface area contributed by atoms with Crippen LogP contribution in [-0.4, -0.2) is 39.0 Å². The highest BCUT2D eigenvalue weighted by Gasteiger charge is 2.55. The van der Waals surface area contributed by atoms with Crippen molar-refractivity contribution in [2.24, 2.45) is 11.8 Å². The highest BCUT2D eigenvalue weighted by atomic mass is 35.5. The van der Waals surface area contributed by atoms with E-state index in [2.05, 4.69) is 10.4 Å². The largest absolute Gasteiger partial charge is 0.481 e. The zero-order valence-corrected chi connectivity index (χ0v) is 17.5. The van der Waals surface area contributed by atoms with Gasteiger partial charge in [-0.15, -0.1) is 0 Å². The second kappa shape index (κ2) is 7.63. The fraction of sp³-hybridized carbons (Fsp3) is 0.450. The number of ether oxygens (including phenoxy) is 1. The SMILES string of the molecule is Cc1nn(Cc2ccc(Cl)c(Cl)c2)c(C)c1NC(=O)[C@@H]1[C@@H](C(=O)O)[C@H]2CC[C@@H]1O2. The van der Waals surface area contributed by atoms with E-state index in [1.165, 1.54) is 0 Å². The molecule has 2 fully saturated rings. The van der Waals surface area contributed by atoms with Gasteiger partial charge in [-0.05, 0) is 44.4 Å². The molecule has 0 spiro atoms. The normalized spacial score (nSPS) is 25.4. The quantitative estimate of drug-likeness (QED) is 0.743. The van der Waals surface area contributed by atoms with Gasteiger partial charge in [-0.25, -0.2) is 0 Å². The van der Waals surface area contributed by atoms with Crippen molar-refractivity contribution in [3.8, 4) is 0 Å². The molecule has 154 valence electrons. The average Bonchev–Trinajstić information content (AvgIpc) is 3.34. The van der Waals surface area contributed by atoms with Crippen LogP contribution in [0.1, 0.15) is 29.8 Å². The van der Waals surface area contributed by atoms with Gasteiger partial charge in [-0.2, -0.15) is 5.10 Å². The molecule has 4 atom stereocenters. The smallest absolute Gasteiger partial charge is 0.310 e. The van der Waals surface area contributed by atoms with Crippen LogP contribution in [0.3, 0.4) is 0 Å². The van der Waals surface area contributed by atoms with Crippen LogP contribution in [0.5, 0.6) is 0 Å². The van der Waals surface area contributed by atoms with Crippen LogP contribution in [0, 0.1) is 25.7 Å². The van der Waals surface area contributed by atoms with E-state index in [1.54, 1.807) is 23.7 Å². The number of carboxylic acid groups (broad SMARTS) is 1. The lowest BCUT2D eigenvalue weighted by atomic mass is 9.78. The first-order valence-electron chi connectivity index (χ1n) is 9.43. The molecule has 0 saturated carbocycles. The molecule has 2 N–H and O–H groups in total. The van der Waals surface area contributed by atoms with Crippen LogP contribution in [0.15, 0.2) is 18.2 Å². The van der Waals surface area contributed by atoms with Crippen LogP contribution in [0.2, 0.25) is 10.0 Å². The predicted molar refractivity (Wildman–Crippen MR) is 108 cm³/mol. The lowest BCUT2D eigenvalue weighted by molar-refractivity contribution is -0.147. The molecular formula is C20H21Cl2N3O4. The van der Waals surface area contributed by atoms with Crippen molar-refractivity contribution in [1.29, 1.82) is 0 Å². The van der Waals surface area contributed by atoms with Gasteiger partial charge in [0.05, 0.1) is 57.7 Å². The molecule has 1 aromatic heterocycles. The number of amides is 1. The Bertz CT molecular complexity index is 990. The van der Waals surface area contributed by atoms with Crippen molar-refractivity contribution in [3.05, 3.63) is 45.2 Å². The summed E-state index contributed by atoms with van der Waals surface area (Å²) in [6.45, 7) is 4.13. The molecule has 3 heterocycles. The Labute approximate surface area is 177 Å². The summed E-state index contributed by atoms with van der Waals surface area (Å²) in [5, 5.41) is 17.9. The fourth-order valence-corrected chi connectivity index (χ4v) is 4.69. The van der Waals surface area contributed by atoms with Crippen molar-refractivity contribution >= 4 is 40.8 Å². The van der Waals surface area contributed by atoms with Crippen molar-refractivity contribution in [3.63, 3.8) is 0 Å². The van der Waals surface area contributed by atoms with Crippen molar-refractivity contribution in [1.82, 2.24) is 9.78 Å². The lowest BCUT2D eigenvalue weighted by Gasteiger charge is -2.23. The zero-order valence-electron chi connectivity index (χ0n) is 16.0. The maximum absolute atomic E-state index is 13.0. The highest BCUT2D eigenvalue weighted by molar-refractivity contribution is 6.42. The lowest BCUT2D eigenvalue weighted by Crippen LogP contribution is -2.41. The number of fused-ring (bicyclic) bond motifs is 2. The number of carbonyl (C=O) groups is 2. The Balaban J connectivity index is 1.54. The Morgan fingerprint density at radius 2 is 1.90 bits per heavy atom. The summed E-state index contributed by atoms with van der Waals surface area (Å²) in [4.78, 5) is 24.6. The second-order valence-electron chi connectivity index (χ2n) is 7.62. The number of rotatable bonds is 5. The Morgan fingerprint density at radius 1 is 1.21 bits per heavy atom. The molecule has 0 unspecified atom stereocenters. The average molecular weight is 438 g/mol. The first-order chi connectivity index (χ1) is 13.8. The summed E-state index contributed by atoms with van der Waals surface area (Å²) < 4.78 is 7.47. The number of aromatic nitrogens is 2. The molecule has 2 aliphatic heterocycles. The van der Waals surface area contributed by atoms with E-state index in [0.29, 0.717) is 40.8 Å². The number of carboxylic acids is 1. The third-order valence-electron chi connectivity index (χ3n) is 5.81. The number of hydrogen-bond donors (Lipinski definition) is 2. The Morgan fingerprint density at radius 3 is 2.55 bits per heavy atom. The number of nitrogens with one attached hydrogen (secondary N) is 1. The summed E-state index contributed by atoms with van der Waals surface area (Å²) in [6.07, 6.45) is 0.673. The summed E-state index contributed by atoms with van der Waals surface area (Å²) in [7, 11) is 0. The Kier molecular flexibility index (Phi) is 5.31. The molecule has 2 bridgehead atoms. The van der Waals surface area contributed by atoms with Gasteiger partial charge in [0, 0.05) is 0 Å². The number of anilines is 1.